The zero-order chi connectivity index (χ0) is 41.0. The molecule has 5 aromatic carbocycles. The van der Waals surface area contributed by atoms with Crippen LogP contribution in [0.4, 0.5) is 5.69 Å². The van der Waals surface area contributed by atoms with Gasteiger partial charge in [0.1, 0.15) is 17.2 Å². The van der Waals surface area contributed by atoms with E-state index in [1.165, 1.54) is 11.0 Å². The summed E-state index contributed by atoms with van der Waals surface area (Å²) < 4.78 is 11.6. The van der Waals surface area contributed by atoms with Crippen molar-refractivity contribution in [2.45, 2.75) is 24.2 Å². The molecule has 4 aliphatic rings. The molecule has 294 valence electrons. The quantitative estimate of drug-likeness (QED) is 0.0942. The molecule has 6 atom stereocenters. The summed E-state index contributed by atoms with van der Waals surface area (Å²) in [5.41, 5.74) is 3.58. The number of anilines is 1. The molecule has 0 aromatic heterocycles. The first-order chi connectivity index (χ1) is 28.6. The molecule has 5 aromatic rings. The van der Waals surface area contributed by atoms with Crippen LogP contribution in [-0.2, 0) is 24.6 Å². The summed E-state index contributed by atoms with van der Waals surface area (Å²) in [4.78, 5) is 60.9. The minimum atomic E-state index is -1.44. The highest BCUT2D eigenvalue weighted by atomic mass is 79.9. The molecule has 3 aliphatic carbocycles. The number of hydrogen-bond donors (Lipinski definition) is 1. The van der Waals surface area contributed by atoms with Crippen molar-refractivity contribution in [3.05, 3.63) is 171 Å². The molecule has 2 amide bonds. The van der Waals surface area contributed by atoms with Gasteiger partial charge in [0.25, 0.3) is 0 Å². The van der Waals surface area contributed by atoms with E-state index in [0.29, 0.717) is 43.9 Å². The number of ether oxygens (including phenoxy) is 2. The van der Waals surface area contributed by atoms with Crippen LogP contribution in [0.1, 0.15) is 46.6 Å². The fourth-order valence-corrected chi connectivity index (χ4v) is 10.5. The van der Waals surface area contributed by atoms with Crippen molar-refractivity contribution in [1.82, 2.24) is 0 Å². The molecule has 59 heavy (non-hydrogen) atoms. The third kappa shape index (κ3) is 6.18. The molecule has 1 N–H and O–H groups in total. The van der Waals surface area contributed by atoms with E-state index in [4.69, 9.17) is 9.47 Å². The van der Waals surface area contributed by atoms with E-state index in [2.05, 4.69) is 15.9 Å². The van der Waals surface area contributed by atoms with Gasteiger partial charge in [0.15, 0.2) is 11.6 Å². The van der Waals surface area contributed by atoms with Gasteiger partial charge in [-0.15, -0.1) is 0 Å². The number of phenolic OH excluding ortho intramolecular Hbond substituents is 1. The Morgan fingerprint density at radius 1 is 0.780 bits per heavy atom. The number of aromatic hydroxyl groups is 1. The Morgan fingerprint density at radius 3 is 2.22 bits per heavy atom. The molecule has 0 radical (unpaired) electrons. The number of benzene rings is 5. The van der Waals surface area contributed by atoms with Crippen LogP contribution in [0, 0.1) is 23.7 Å². The number of imide groups is 1. The molecule has 9 heteroatoms. The van der Waals surface area contributed by atoms with Crippen molar-refractivity contribution in [3.63, 3.8) is 0 Å². The highest BCUT2D eigenvalue weighted by molar-refractivity contribution is 9.10. The van der Waals surface area contributed by atoms with Crippen molar-refractivity contribution in [2.24, 2.45) is 23.7 Å². The van der Waals surface area contributed by atoms with E-state index in [0.717, 1.165) is 16.7 Å². The van der Waals surface area contributed by atoms with Crippen molar-refractivity contribution < 1.29 is 33.8 Å². The maximum atomic E-state index is 15.2. The second-order valence-corrected chi connectivity index (χ2v) is 16.5. The number of allylic oxidation sites excluding steroid dienone is 4. The predicted octanol–water partition coefficient (Wildman–Crippen LogP) is 9.37. The smallest absolute Gasteiger partial charge is 0.238 e. The molecule has 1 heterocycles. The second-order valence-electron chi connectivity index (χ2n) is 15.5. The van der Waals surface area contributed by atoms with Crippen LogP contribution in [-0.4, -0.2) is 42.7 Å². The Kier molecular flexibility index (Phi) is 9.80. The molecule has 1 aliphatic heterocycles. The lowest BCUT2D eigenvalue weighted by Crippen LogP contribution is -2.58. The summed E-state index contributed by atoms with van der Waals surface area (Å²) in [6, 6.07) is 36.4. The fraction of sp³-hybridized carbons (Fsp3) is 0.200. The molecule has 8 nitrogen and oxygen atoms in total. The maximum Gasteiger partial charge on any atom is 0.238 e. The van der Waals surface area contributed by atoms with Crippen LogP contribution in [0.25, 0.3) is 17.7 Å². The van der Waals surface area contributed by atoms with Gasteiger partial charge in [0.05, 0.1) is 37.2 Å². The van der Waals surface area contributed by atoms with Crippen molar-refractivity contribution >= 4 is 62.7 Å². The van der Waals surface area contributed by atoms with Gasteiger partial charge < -0.3 is 14.6 Å². The van der Waals surface area contributed by atoms with E-state index in [1.54, 1.807) is 44.6 Å². The highest BCUT2D eigenvalue weighted by Crippen LogP contribution is 2.64. The molecule has 0 unspecified atom stereocenters. The largest absolute Gasteiger partial charge is 0.508 e. The average molecular weight is 847 g/mol. The maximum absolute atomic E-state index is 15.2. The minimum absolute atomic E-state index is 0.0246. The summed E-state index contributed by atoms with van der Waals surface area (Å²) >= 11 is 3.60. The lowest BCUT2D eigenvalue weighted by molar-refractivity contribution is -0.135. The number of phenols is 1. The van der Waals surface area contributed by atoms with Gasteiger partial charge in [-0.2, -0.15) is 0 Å². The van der Waals surface area contributed by atoms with E-state index in [1.807, 2.05) is 109 Å². The first-order valence-corrected chi connectivity index (χ1v) is 20.4. The normalized spacial score (nSPS) is 24.9. The summed E-state index contributed by atoms with van der Waals surface area (Å²) in [5, 5.41) is 11.7. The van der Waals surface area contributed by atoms with Crippen LogP contribution in [0.5, 0.6) is 17.2 Å². The lowest BCUT2D eigenvalue weighted by Gasteiger charge is -2.55. The highest BCUT2D eigenvalue weighted by Gasteiger charge is 2.66. The number of rotatable bonds is 8. The Bertz CT molecular complexity index is 2620. The molecule has 0 spiro atoms. The number of ketones is 2. The number of fused-ring (bicyclic) bond motifs is 4. The third-order valence-corrected chi connectivity index (χ3v) is 13.2. The zero-order valence-electron chi connectivity index (χ0n) is 32.4. The fourth-order valence-electron chi connectivity index (χ4n) is 10.1. The molecule has 1 saturated carbocycles. The SMILES string of the molecule is COc1ccc(OC)c(C=Cc2ccc(N3C(=O)[C@H]4[C@H](CC=C5[C@H]4C[C@H]4C(=O)C(c6ccccc6)=CC(=O)[C@@]4(c4ccccc4)[C@H]5c4cc(Br)ccc4O)C3=O)cc2)c1. The van der Waals surface area contributed by atoms with Crippen molar-refractivity contribution in [3.8, 4) is 17.2 Å². The van der Waals surface area contributed by atoms with Crippen LogP contribution in [0.15, 0.2) is 144 Å². The second kappa shape index (κ2) is 15.1. The van der Waals surface area contributed by atoms with Crippen molar-refractivity contribution in [1.29, 1.82) is 0 Å². The summed E-state index contributed by atoms with van der Waals surface area (Å²) in [6.07, 6.45) is 7.76. The van der Waals surface area contributed by atoms with E-state index >= 15 is 9.59 Å². The number of hydrogen-bond acceptors (Lipinski definition) is 7. The van der Waals surface area contributed by atoms with Gasteiger partial charge in [0.2, 0.25) is 11.8 Å². The van der Waals surface area contributed by atoms with E-state index in [9.17, 15) is 14.7 Å². The van der Waals surface area contributed by atoms with Gasteiger partial charge in [-0.05, 0) is 90.1 Å². The Balaban J connectivity index is 1.13. The van der Waals surface area contributed by atoms with Crippen LogP contribution in [0.3, 0.4) is 0 Å². The van der Waals surface area contributed by atoms with Gasteiger partial charge >= 0.3 is 0 Å². The van der Waals surface area contributed by atoms with Crippen LogP contribution in [0.2, 0.25) is 0 Å². The molecule has 1 saturated heterocycles. The van der Waals surface area contributed by atoms with Gasteiger partial charge in [-0.25, -0.2) is 0 Å². The first-order valence-electron chi connectivity index (χ1n) is 19.6. The molecular formula is C50H40BrNO7. The van der Waals surface area contributed by atoms with Crippen molar-refractivity contribution in [2.75, 3.05) is 19.1 Å². The topological polar surface area (TPSA) is 110 Å². The van der Waals surface area contributed by atoms with E-state index < -0.39 is 35.0 Å². The minimum Gasteiger partial charge on any atom is -0.508 e. The Hall–Kier alpha value is -6.32. The molecular weight excluding hydrogens is 806 g/mol. The first kappa shape index (κ1) is 38.2. The monoisotopic (exact) mass is 845 g/mol. The summed E-state index contributed by atoms with van der Waals surface area (Å²) in [6.45, 7) is 0. The Morgan fingerprint density at radius 2 is 1.51 bits per heavy atom. The van der Waals surface area contributed by atoms with E-state index in [-0.39, 0.29) is 42.0 Å². The van der Waals surface area contributed by atoms with Crippen LogP contribution >= 0.6 is 15.9 Å². The lowest BCUT2D eigenvalue weighted by atomic mass is 9.44. The van der Waals surface area contributed by atoms with Gasteiger partial charge in [-0.1, -0.05) is 113 Å². The molecule has 9 rings (SSSR count). The average Bonchev–Trinajstić information content (AvgIpc) is 3.53. The number of halogens is 1. The summed E-state index contributed by atoms with van der Waals surface area (Å²) in [7, 11) is 3.21. The third-order valence-electron chi connectivity index (χ3n) is 12.7. The molecule has 0 bridgehead atoms. The number of amides is 2. The van der Waals surface area contributed by atoms with Gasteiger partial charge in [-0.3, -0.25) is 24.1 Å². The summed E-state index contributed by atoms with van der Waals surface area (Å²) in [5.74, 6) is -3.44. The molecule has 2 fully saturated rings. The predicted molar refractivity (Wildman–Crippen MR) is 230 cm³/mol. The Labute approximate surface area is 350 Å². The number of methoxy groups -OCH3 is 2. The van der Waals surface area contributed by atoms with Crippen LogP contribution < -0.4 is 14.4 Å². The number of Topliss-reactive ketones (excluding diaryl/α,β-unsaturated/α-hetero) is 1. The van der Waals surface area contributed by atoms with Gasteiger partial charge in [0, 0.05) is 33.0 Å². The number of nitrogens with zero attached hydrogens (tertiary/aromatic N) is 1. The number of carbonyl (C=O) groups excluding carboxylic acids is 4. The standard InChI is InChI=1S/C50H40BrNO7/c1-58-35-20-24-43(59-2)31(25-35)16-13-29-14-18-34(19-15-29)52-48(56)37-22-21-36-39(45(37)49(52)57)27-41-47(55)38(30-9-5-3-6-10-30)28-44(54)50(41,32-11-7-4-8-12-32)46(36)40-26-33(51)17-23-42(40)53/h3-21,23-26,28,37,39,41,45-46,53H,22,27H2,1-2H3/t37-,39+,41-,45-,46+,50-/m0/s1. The number of carbonyl (C=O) groups is 4. The zero-order valence-corrected chi connectivity index (χ0v) is 34.0.